The highest BCUT2D eigenvalue weighted by Crippen LogP contribution is 2.19. The number of rotatable bonds is 38. The molecule has 22 nitrogen and oxygen atoms in total. The number of amides is 3. The number of alkyl halides is 15. The standard InChI is InChI=1S/C50H97N9O3.5C2HF3O2/c1-3-5-7-9-11-13-15-17-19-21-23-25-27-29-37-59(38-30-28-26-24-22-20-18-16-14-12-10-8-6-4-2)49(61)43-55-50(62)47(41-46-42-54-45-56-46)57-48(60)44-58-39-35-52-33-31-51-32-34-53-36-40-58;5*3-2(4,5)1(6)7/h42,45,47,51-53H,3-41,43-44H2,1-2H3,(H,54,56)(H,55,62)(H,57,60);5*(H,6,7)/t47-;;;;;/m0...../s1. The number of hydrogen-bond donors (Lipinski definition) is 11. The molecule has 1 aromatic heterocycles. The number of nitrogens with one attached hydrogen (secondary N) is 6. The molecule has 97 heavy (non-hydrogen) atoms. The van der Waals surface area contributed by atoms with Crippen LogP contribution in [0.15, 0.2) is 12.5 Å². The summed E-state index contributed by atoms with van der Waals surface area (Å²) in [4.78, 5) is 96.6. The van der Waals surface area contributed by atoms with Gasteiger partial charge < -0.3 is 62.0 Å². The van der Waals surface area contributed by atoms with E-state index < -0.39 is 66.8 Å². The van der Waals surface area contributed by atoms with E-state index in [1.165, 1.54) is 154 Å². The van der Waals surface area contributed by atoms with Crippen LogP contribution in [0.1, 0.15) is 199 Å². The molecule has 1 aliphatic rings. The van der Waals surface area contributed by atoms with Crippen molar-refractivity contribution < 1.29 is 130 Å². The highest BCUT2D eigenvalue weighted by Gasteiger charge is 2.41. The Morgan fingerprint density at radius 2 is 0.722 bits per heavy atom. The van der Waals surface area contributed by atoms with Gasteiger partial charge in [-0.15, -0.1) is 0 Å². The summed E-state index contributed by atoms with van der Waals surface area (Å²) in [6.07, 6.45) is 14.7. The maximum absolute atomic E-state index is 13.7. The normalized spacial score (nSPS) is 13.5. The number of hydrogen-bond acceptors (Lipinski definition) is 13. The number of unbranched alkanes of at least 4 members (excludes halogenated alkanes) is 26. The van der Waals surface area contributed by atoms with Crippen molar-refractivity contribution in [1.82, 2.24) is 46.4 Å². The Hall–Kier alpha value is -6.24. The van der Waals surface area contributed by atoms with Crippen LogP contribution < -0.4 is 26.6 Å². The SMILES string of the molecule is CCCCCCCCCCCCCCCCN(CCCCCCCCCCCCCCCC)C(=O)CNC(=O)[C@H](Cc1cnc[nH]1)NC(=O)CN1CCNCCNCCNCC1.O=C(O)C(F)(F)F.O=C(O)C(F)(F)F.O=C(O)C(F)(F)F.O=C(O)C(F)(F)F.O=C(O)C(F)(F)F. The minimum Gasteiger partial charge on any atom is -0.475 e. The van der Waals surface area contributed by atoms with E-state index in [0.717, 1.165) is 96.8 Å². The number of carbonyl (C=O) groups excluding carboxylic acids is 3. The van der Waals surface area contributed by atoms with Crippen molar-refractivity contribution in [3.05, 3.63) is 18.2 Å². The molecule has 1 atom stereocenters. The van der Waals surface area contributed by atoms with E-state index in [2.05, 4.69) is 55.3 Å². The molecule has 1 saturated heterocycles. The Bertz CT molecular complexity index is 2020. The maximum atomic E-state index is 13.7. The zero-order valence-corrected chi connectivity index (χ0v) is 55.2. The van der Waals surface area contributed by atoms with Gasteiger partial charge in [0.05, 0.1) is 19.4 Å². The Morgan fingerprint density at radius 1 is 0.454 bits per heavy atom. The highest BCUT2D eigenvalue weighted by molar-refractivity contribution is 5.91. The lowest BCUT2D eigenvalue weighted by atomic mass is 10.0. The number of aliphatic carboxylic acids is 5. The van der Waals surface area contributed by atoms with Gasteiger partial charge in [-0.3, -0.25) is 19.3 Å². The number of nitrogens with zero attached hydrogens (tertiary/aromatic N) is 3. The molecule has 37 heteroatoms. The van der Waals surface area contributed by atoms with Gasteiger partial charge in [-0.1, -0.05) is 181 Å². The molecular weight excluding hydrogens is 1340 g/mol. The van der Waals surface area contributed by atoms with Crippen LogP contribution in [-0.4, -0.2) is 208 Å². The Balaban J connectivity index is -0.000000992. The molecule has 570 valence electrons. The largest absolute Gasteiger partial charge is 0.490 e. The predicted molar refractivity (Wildman–Crippen MR) is 328 cm³/mol. The molecule has 3 amide bonds. The van der Waals surface area contributed by atoms with Crippen LogP contribution in [0.4, 0.5) is 65.9 Å². The molecule has 0 radical (unpaired) electrons. The van der Waals surface area contributed by atoms with E-state index in [-0.39, 0.29) is 37.2 Å². The fourth-order valence-electron chi connectivity index (χ4n) is 8.49. The van der Waals surface area contributed by atoms with Crippen molar-refractivity contribution in [2.24, 2.45) is 0 Å². The number of carboxylic acids is 5. The molecular formula is C60H102F15N9O13. The average Bonchev–Trinajstić information content (AvgIpc) is 1.94. The Morgan fingerprint density at radius 3 is 0.979 bits per heavy atom. The van der Waals surface area contributed by atoms with E-state index in [9.17, 15) is 80.2 Å². The summed E-state index contributed by atoms with van der Waals surface area (Å²) >= 11 is 0. The summed E-state index contributed by atoms with van der Waals surface area (Å²) in [6.45, 7) is 12.7. The second-order valence-electron chi connectivity index (χ2n) is 22.2. The zero-order chi connectivity index (χ0) is 74.8. The molecule has 0 saturated carbocycles. The lowest BCUT2D eigenvalue weighted by Crippen LogP contribution is -2.53. The molecule has 11 N–H and O–H groups in total. The number of aromatic amines is 1. The average molecular weight is 1440 g/mol. The summed E-state index contributed by atoms with van der Waals surface area (Å²) in [7, 11) is 0. The summed E-state index contributed by atoms with van der Waals surface area (Å²) in [5, 5.41) is 51.8. The molecule has 0 spiro atoms. The number of carbonyl (C=O) groups is 8. The molecule has 2 heterocycles. The van der Waals surface area contributed by atoms with Crippen molar-refractivity contribution >= 4 is 47.6 Å². The van der Waals surface area contributed by atoms with Gasteiger partial charge in [0.15, 0.2) is 0 Å². The topological polar surface area (TPSA) is 333 Å². The molecule has 0 bridgehead atoms. The van der Waals surface area contributed by atoms with Gasteiger partial charge in [0.25, 0.3) is 0 Å². The molecule has 2 rings (SSSR count). The van der Waals surface area contributed by atoms with E-state index >= 15 is 0 Å². The van der Waals surface area contributed by atoms with Gasteiger partial charge in [0, 0.05) is 83.8 Å². The van der Waals surface area contributed by atoms with Crippen molar-refractivity contribution in [3.63, 3.8) is 0 Å². The number of H-pyrrole nitrogens is 1. The second kappa shape index (κ2) is 58.7. The first-order chi connectivity index (χ1) is 45.2. The van der Waals surface area contributed by atoms with Crippen LogP contribution in [0, 0.1) is 0 Å². The molecule has 1 aliphatic heterocycles. The minimum absolute atomic E-state index is 0.0381. The fraction of sp³-hybridized carbons (Fsp3) is 0.817. The van der Waals surface area contributed by atoms with Gasteiger partial charge in [-0.2, -0.15) is 65.9 Å². The van der Waals surface area contributed by atoms with E-state index in [1.807, 2.05) is 4.90 Å². The quantitative estimate of drug-likeness (QED) is 0.0216. The van der Waals surface area contributed by atoms with E-state index in [4.69, 9.17) is 49.5 Å². The summed E-state index contributed by atoms with van der Waals surface area (Å²) in [6, 6.07) is -0.824. The first-order valence-corrected chi connectivity index (χ1v) is 32.4. The third-order valence-electron chi connectivity index (χ3n) is 13.7. The number of imidazole rings is 1. The van der Waals surface area contributed by atoms with E-state index in [0.29, 0.717) is 0 Å². The molecule has 0 unspecified atom stereocenters. The van der Waals surface area contributed by atoms with Gasteiger partial charge in [-0.25, -0.2) is 29.0 Å². The van der Waals surface area contributed by atoms with Crippen LogP contribution in [0.25, 0.3) is 0 Å². The summed E-state index contributed by atoms with van der Waals surface area (Å²) < 4.78 is 159. The van der Waals surface area contributed by atoms with Crippen molar-refractivity contribution in [2.75, 3.05) is 78.5 Å². The number of halogens is 15. The molecule has 0 aliphatic carbocycles. The third kappa shape index (κ3) is 66.8. The van der Waals surface area contributed by atoms with Crippen LogP contribution >= 0.6 is 0 Å². The first-order valence-electron chi connectivity index (χ1n) is 32.4. The first kappa shape index (κ1) is 97.1. The zero-order valence-electron chi connectivity index (χ0n) is 55.2. The lowest BCUT2D eigenvalue weighted by Gasteiger charge is -2.25. The lowest BCUT2D eigenvalue weighted by molar-refractivity contribution is -0.193. The Labute approximate surface area is 556 Å². The van der Waals surface area contributed by atoms with Crippen molar-refractivity contribution in [1.29, 1.82) is 0 Å². The second-order valence-corrected chi connectivity index (χ2v) is 22.2. The van der Waals surface area contributed by atoms with Crippen LogP contribution in [0.2, 0.25) is 0 Å². The summed E-state index contributed by atoms with van der Waals surface area (Å²) in [5.41, 5.74) is 0.752. The fourth-order valence-corrected chi connectivity index (χ4v) is 8.49. The maximum Gasteiger partial charge on any atom is 0.490 e. The van der Waals surface area contributed by atoms with E-state index in [1.54, 1.807) is 12.5 Å². The van der Waals surface area contributed by atoms with Crippen molar-refractivity contribution in [3.8, 4) is 0 Å². The van der Waals surface area contributed by atoms with Gasteiger partial charge in [0.1, 0.15) is 6.04 Å². The van der Waals surface area contributed by atoms with Gasteiger partial charge in [0.2, 0.25) is 17.7 Å². The van der Waals surface area contributed by atoms with Crippen molar-refractivity contribution in [2.45, 2.75) is 237 Å². The number of carboxylic acid groups (broad SMARTS) is 5. The third-order valence-corrected chi connectivity index (χ3v) is 13.7. The van der Waals surface area contributed by atoms with Crippen LogP contribution in [0.3, 0.4) is 0 Å². The monoisotopic (exact) mass is 1440 g/mol. The molecule has 0 aromatic carbocycles. The number of aromatic nitrogens is 2. The van der Waals surface area contributed by atoms with Crippen LogP contribution in [-0.2, 0) is 44.8 Å². The highest BCUT2D eigenvalue weighted by atomic mass is 19.4. The summed E-state index contributed by atoms with van der Waals surface area (Å²) in [5.74, 6) is -14.4. The van der Waals surface area contributed by atoms with Gasteiger partial charge in [-0.05, 0) is 12.8 Å². The smallest absolute Gasteiger partial charge is 0.475 e. The minimum atomic E-state index is -5.08. The Kier molecular flexibility index (Phi) is 58.8. The van der Waals surface area contributed by atoms with Gasteiger partial charge >= 0.3 is 60.7 Å². The van der Waals surface area contributed by atoms with Crippen LogP contribution in [0.5, 0.6) is 0 Å². The molecule has 1 aromatic rings. The predicted octanol–water partition coefficient (Wildman–Crippen LogP) is 11.6. The molecule has 1 fully saturated rings.